The summed E-state index contributed by atoms with van der Waals surface area (Å²) in [4.78, 5) is 15.7. The van der Waals surface area contributed by atoms with Crippen molar-refractivity contribution in [2.45, 2.75) is 28.9 Å². The highest BCUT2D eigenvalue weighted by Crippen LogP contribution is 2.35. The number of likely N-dealkylation sites (N-methyl/N-ethyl adjacent to an activating group) is 1. The first kappa shape index (κ1) is 22.9. The van der Waals surface area contributed by atoms with E-state index < -0.39 is 0 Å². The maximum atomic E-state index is 9.05. The van der Waals surface area contributed by atoms with Crippen LogP contribution in [0.2, 0.25) is 0 Å². The van der Waals surface area contributed by atoms with Crippen LogP contribution < -0.4 is 14.4 Å². The lowest BCUT2D eigenvalue weighted by molar-refractivity contribution is 0.284. The molecule has 1 aliphatic heterocycles. The number of ether oxygens (including phenoxy) is 2. The fourth-order valence-corrected chi connectivity index (χ4v) is 4.48. The van der Waals surface area contributed by atoms with Crippen molar-refractivity contribution in [3.63, 3.8) is 0 Å². The third kappa shape index (κ3) is 5.75. The zero-order valence-corrected chi connectivity index (χ0v) is 19.9. The van der Waals surface area contributed by atoms with E-state index in [2.05, 4.69) is 34.9 Å². The van der Waals surface area contributed by atoms with Gasteiger partial charge in [0.15, 0.2) is 0 Å². The SMILES string of the molecule is COc1cccc(COc2nc(N3CC[C@H](N(C)C)C3)ncc2Sc2ccc(C#N)cc2)c1. The van der Waals surface area contributed by atoms with Crippen LogP contribution in [0.5, 0.6) is 11.6 Å². The Balaban J connectivity index is 1.58. The van der Waals surface area contributed by atoms with E-state index in [-0.39, 0.29) is 0 Å². The number of hydrogen-bond acceptors (Lipinski definition) is 8. The summed E-state index contributed by atoms with van der Waals surface area (Å²) in [5.41, 5.74) is 1.63. The summed E-state index contributed by atoms with van der Waals surface area (Å²) in [6.07, 6.45) is 2.91. The Morgan fingerprint density at radius 3 is 2.73 bits per heavy atom. The molecule has 1 atom stereocenters. The smallest absolute Gasteiger partial charge is 0.232 e. The van der Waals surface area contributed by atoms with Crippen molar-refractivity contribution in [3.8, 4) is 17.7 Å². The van der Waals surface area contributed by atoms with Gasteiger partial charge in [-0.1, -0.05) is 23.9 Å². The highest BCUT2D eigenvalue weighted by molar-refractivity contribution is 7.99. The average molecular weight is 462 g/mol. The second-order valence-electron chi connectivity index (χ2n) is 8.07. The van der Waals surface area contributed by atoms with Crippen LogP contribution in [0.4, 0.5) is 5.95 Å². The van der Waals surface area contributed by atoms with Gasteiger partial charge in [0.1, 0.15) is 12.4 Å². The van der Waals surface area contributed by atoms with E-state index in [9.17, 15) is 0 Å². The molecule has 1 saturated heterocycles. The summed E-state index contributed by atoms with van der Waals surface area (Å²) in [5, 5.41) is 9.05. The van der Waals surface area contributed by atoms with Gasteiger partial charge >= 0.3 is 0 Å². The second-order valence-corrected chi connectivity index (χ2v) is 9.19. The molecule has 2 aromatic carbocycles. The Morgan fingerprint density at radius 2 is 2.03 bits per heavy atom. The number of methoxy groups -OCH3 is 1. The molecule has 1 aliphatic rings. The van der Waals surface area contributed by atoms with Crippen molar-refractivity contribution in [3.05, 3.63) is 65.9 Å². The molecule has 0 N–H and O–H groups in total. The molecule has 2 heterocycles. The molecular formula is C25H27N5O2S. The van der Waals surface area contributed by atoms with Crippen LogP contribution in [0.1, 0.15) is 17.5 Å². The van der Waals surface area contributed by atoms with Crippen LogP contribution in [0.25, 0.3) is 0 Å². The van der Waals surface area contributed by atoms with Gasteiger partial charge in [0.25, 0.3) is 0 Å². The summed E-state index contributed by atoms with van der Waals surface area (Å²) in [6, 6.07) is 17.9. The van der Waals surface area contributed by atoms with Crippen LogP contribution in [-0.4, -0.2) is 55.2 Å². The number of anilines is 1. The van der Waals surface area contributed by atoms with Gasteiger partial charge in [-0.25, -0.2) is 4.98 Å². The van der Waals surface area contributed by atoms with Crippen LogP contribution in [0.3, 0.4) is 0 Å². The minimum atomic E-state index is 0.370. The molecule has 1 aromatic heterocycles. The normalized spacial score (nSPS) is 15.5. The fraction of sp³-hybridized carbons (Fsp3) is 0.320. The van der Waals surface area contributed by atoms with Gasteiger partial charge in [0, 0.05) is 24.0 Å². The molecule has 8 heteroatoms. The van der Waals surface area contributed by atoms with Gasteiger partial charge < -0.3 is 19.3 Å². The third-order valence-corrected chi connectivity index (χ3v) is 6.61. The van der Waals surface area contributed by atoms with Gasteiger partial charge in [-0.3, -0.25) is 0 Å². The number of benzene rings is 2. The number of nitriles is 1. The number of aromatic nitrogens is 2. The molecule has 1 fully saturated rings. The van der Waals surface area contributed by atoms with Crippen molar-refractivity contribution < 1.29 is 9.47 Å². The lowest BCUT2D eigenvalue weighted by Gasteiger charge is -2.21. The van der Waals surface area contributed by atoms with E-state index in [4.69, 9.17) is 19.7 Å². The zero-order valence-electron chi connectivity index (χ0n) is 19.1. The van der Waals surface area contributed by atoms with Gasteiger partial charge in [0.2, 0.25) is 11.8 Å². The quantitative estimate of drug-likeness (QED) is 0.493. The summed E-state index contributed by atoms with van der Waals surface area (Å²) in [5.74, 6) is 2.02. The van der Waals surface area contributed by atoms with E-state index in [0.717, 1.165) is 40.6 Å². The minimum absolute atomic E-state index is 0.370. The van der Waals surface area contributed by atoms with E-state index in [1.54, 1.807) is 19.2 Å². The number of hydrogen-bond donors (Lipinski definition) is 0. The van der Waals surface area contributed by atoms with Gasteiger partial charge in [-0.2, -0.15) is 10.2 Å². The number of rotatable bonds is 8. The predicted octanol–water partition coefficient (Wildman–Crippen LogP) is 4.23. The summed E-state index contributed by atoms with van der Waals surface area (Å²) >= 11 is 1.52. The van der Waals surface area contributed by atoms with E-state index in [1.165, 1.54) is 11.8 Å². The average Bonchev–Trinajstić information content (AvgIpc) is 3.35. The van der Waals surface area contributed by atoms with Crippen molar-refractivity contribution in [1.29, 1.82) is 5.26 Å². The topological polar surface area (TPSA) is 74.5 Å². The minimum Gasteiger partial charge on any atom is -0.497 e. The molecule has 0 unspecified atom stereocenters. The Morgan fingerprint density at radius 1 is 1.21 bits per heavy atom. The molecule has 0 bridgehead atoms. The van der Waals surface area contributed by atoms with E-state index in [1.807, 2.05) is 42.6 Å². The highest BCUT2D eigenvalue weighted by Gasteiger charge is 2.26. The summed E-state index contributed by atoms with van der Waals surface area (Å²) in [7, 11) is 5.87. The van der Waals surface area contributed by atoms with Crippen LogP contribution in [0.15, 0.2) is 64.5 Å². The highest BCUT2D eigenvalue weighted by atomic mass is 32.2. The van der Waals surface area contributed by atoms with Crippen LogP contribution in [-0.2, 0) is 6.61 Å². The first-order valence-corrected chi connectivity index (χ1v) is 11.6. The molecule has 33 heavy (non-hydrogen) atoms. The molecule has 7 nitrogen and oxygen atoms in total. The first-order valence-electron chi connectivity index (χ1n) is 10.8. The molecule has 0 radical (unpaired) electrons. The van der Waals surface area contributed by atoms with E-state index in [0.29, 0.717) is 30.0 Å². The van der Waals surface area contributed by atoms with Crippen LogP contribution >= 0.6 is 11.8 Å². The third-order valence-electron chi connectivity index (χ3n) is 5.61. The van der Waals surface area contributed by atoms with Gasteiger partial charge in [-0.05, 0) is 62.5 Å². The molecule has 0 amide bonds. The molecular weight excluding hydrogens is 434 g/mol. The molecule has 4 rings (SSSR count). The Kier molecular flexibility index (Phi) is 7.33. The predicted molar refractivity (Wildman–Crippen MR) is 129 cm³/mol. The lowest BCUT2D eigenvalue weighted by atomic mass is 10.2. The lowest BCUT2D eigenvalue weighted by Crippen LogP contribution is -2.32. The van der Waals surface area contributed by atoms with Crippen LogP contribution in [0, 0.1) is 11.3 Å². The van der Waals surface area contributed by atoms with Gasteiger partial charge in [0.05, 0.1) is 29.8 Å². The van der Waals surface area contributed by atoms with E-state index >= 15 is 0 Å². The first-order chi connectivity index (χ1) is 16.1. The molecule has 0 saturated carbocycles. The summed E-state index contributed by atoms with van der Waals surface area (Å²) in [6.45, 7) is 2.18. The number of nitrogens with zero attached hydrogens (tertiary/aromatic N) is 5. The zero-order chi connectivity index (χ0) is 23.2. The fourth-order valence-electron chi connectivity index (χ4n) is 3.66. The second kappa shape index (κ2) is 10.6. The molecule has 3 aromatic rings. The Hall–Kier alpha value is -3.28. The molecule has 0 spiro atoms. The summed E-state index contributed by atoms with van der Waals surface area (Å²) < 4.78 is 11.5. The Bertz CT molecular complexity index is 1130. The van der Waals surface area contributed by atoms with Crippen molar-refractivity contribution >= 4 is 17.7 Å². The van der Waals surface area contributed by atoms with Crippen molar-refractivity contribution in [2.24, 2.45) is 0 Å². The van der Waals surface area contributed by atoms with Crippen molar-refractivity contribution in [2.75, 3.05) is 39.2 Å². The monoisotopic (exact) mass is 461 g/mol. The van der Waals surface area contributed by atoms with Crippen molar-refractivity contribution in [1.82, 2.24) is 14.9 Å². The maximum Gasteiger partial charge on any atom is 0.232 e. The maximum absolute atomic E-state index is 9.05. The van der Waals surface area contributed by atoms with Gasteiger partial charge in [-0.15, -0.1) is 0 Å². The molecule has 170 valence electrons. The Labute approximate surface area is 199 Å². The standard InChI is InChI=1S/C25H27N5O2S/c1-29(2)20-11-12-30(16-20)25-27-15-23(33-22-9-7-18(14-26)8-10-22)24(28-25)32-17-19-5-4-6-21(13-19)31-3/h4-10,13,15,20H,11-12,16-17H2,1-3H3/t20-/m0/s1. The largest absolute Gasteiger partial charge is 0.497 e. The molecule has 0 aliphatic carbocycles.